The molecular formula is C9H13N3S. The Bertz CT molecular complexity index is 262. The molecule has 0 bridgehead atoms. The Kier molecular flexibility index (Phi) is 2.92. The second-order valence-corrected chi connectivity index (χ2v) is 4.00. The first-order valence-corrected chi connectivity index (χ1v) is 5.56. The molecule has 2 rings (SSSR count). The van der Waals surface area contributed by atoms with Crippen molar-refractivity contribution in [2.75, 3.05) is 0 Å². The summed E-state index contributed by atoms with van der Waals surface area (Å²) in [5, 5.41) is 6.15. The van der Waals surface area contributed by atoms with Crippen molar-refractivity contribution in [1.82, 2.24) is 10.4 Å². The van der Waals surface area contributed by atoms with Gasteiger partial charge in [0.2, 0.25) is 0 Å². The van der Waals surface area contributed by atoms with E-state index >= 15 is 0 Å². The highest BCUT2D eigenvalue weighted by molar-refractivity contribution is 7.07. The third kappa shape index (κ3) is 2.52. The standard InChI is InChI=1S/C9H13N3S/c1-2-4-8(3-1)12-11-5-9-6-13-7-10-9/h5-8,12H,1-4H2/b11-5+. The molecular weight excluding hydrogens is 182 g/mol. The maximum atomic E-state index is 4.16. The van der Waals surface area contributed by atoms with Crippen molar-refractivity contribution >= 4 is 17.6 Å². The lowest BCUT2D eigenvalue weighted by Crippen LogP contribution is -2.20. The molecule has 4 heteroatoms. The Morgan fingerprint density at radius 1 is 1.54 bits per heavy atom. The quantitative estimate of drug-likeness (QED) is 0.591. The fourth-order valence-corrected chi connectivity index (χ4v) is 2.05. The monoisotopic (exact) mass is 195 g/mol. The number of hydrogen-bond donors (Lipinski definition) is 1. The summed E-state index contributed by atoms with van der Waals surface area (Å²) in [5.41, 5.74) is 5.91. The van der Waals surface area contributed by atoms with Crippen LogP contribution in [0.2, 0.25) is 0 Å². The lowest BCUT2D eigenvalue weighted by Gasteiger charge is -2.06. The minimum atomic E-state index is 0.592. The number of aromatic nitrogens is 1. The summed E-state index contributed by atoms with van der Waals surface area (Å²) in [7, 11) is 0. The predicted molar refractivity (Wildman–Crippen MR) is 55.1 cm³/mol. The first-order valence-electron chi connectivity index (χ1n) is 4.62. The molecule has 3 nitrogen and oxygen atoms in total. The van der Waals surface area contributed by atoms with Crippen LogP contribution in [0.25, 0.3) is 0 Å². The van der Waals surface area contributed by atoms with E-state index < -0.39 is 0 Å². The highest BCUT2D eigenvalue weighted by Crippen LogP contribution is 2.17. The SMILES string of the molecule is C(=N\NC1CCCC1)/c1cscn1. The molecule has 0 amide bonds. The number of hydrazone groups is 1. The maximum Gasteiger partial charge on any atom is 0.0939 e. The Hall–Kier alpha value is -0.900. The van der Waals surface area contributed by atoms with E-state index in [4.69, 9.17) is 0 Å². The molecule has 0 spiro atoms. The molecule has 1 aliphatic rings. The van der Waals surface area contributed by atoms with Gasteiger partial charge < -0.3 is 5.43 Å². The smallest absolute Gasteiger partial charge is 0.0939 e. The van der Waals surface area contributed by atoms with Gasteiger partial charge in [0.1, 0.15) is 0 Å². The summed E-state index contributed by atoms with van der Waals surface area (Å²) in [5.74, 6) is 0. The molecule has 0 radical (unpaired) electrons. The highest BCUT2D eigenvalue weighted by atomic mass is 32.1. The molecule has 0 atom stereocenters. The van der Waals surface area contributed by atoms with Crippen LogP contribution in [0.5, 0.6) is 0 Å². The maximum absolute atomic E-state index is 4.16. The zero-order valence-corrected chi connectivity index (χ0v) is 8.26. The van der Waals surface area contributed by atoms with Crippen molar-refractivity contribution in [3.63, 3.8) is 0 Å². The Labute approximate surface area is 81.9 Å². The van der Waals surface area contributed by atoms with Crippen molar-refractivity contribution in [3.05, 3.63) is 16.6 Å². The summed E-state index contributed by atoms with van der Waals surface area (Å²) >= 11 is 1.59. The van der Waals surface area contributed by atoms with Crippen LogP contribution in [0.15, 0.2) is 16.0 Å². The zero-order valence-electron chi connectivity index (χ0n) is 7.44. The molecule has 1 saturated carbocycles. The molecule has 70 valence electrons. The van der Waals surface area contributed by atoms with E-state index in [1.807, 2.05) is 10.9 Å². The van der Waals surface area contributed by atoms with Crippen molar-refractivity contribution in [1.29, 1.82) is 0 Å². The number of nitrogens with one attached hydrogen (secondary N) is 1. The van der Waals surface area contributed by atoms with Gasteiger partial charge >= 0.3 is 0 Å². The molecule has 0 unspecified atom stereocenters. The fourth-order valence-electron chi connectivity index (χ4n) is 1.55. The van der Waals surface area contributed by atoms with Gasteiger partial charge in [-0.2, -0.15) is 5.10 Å². The molecule has 1 heterocycles. The first-order chi connectivity index (χ1) is 6.45. The van der Waals surface area contributed by atoms with Gasteiger partial charge in [0.15, 0.2) is 0 Å². The van der Waals surface area contributed by atoms with Gasteiger partial charge in [-0.25, -0.2) is 4.98 Å². The third-order valence-corrected chi connectivity index (χ3v) is 2.87. The minimum Gasteiger partial charge on any atom is -0.307 e. The van der Waals surface area contributed by atoms with E-state index in [2.05, 4.69) is 15.5 Å². The van der Waals surface area contributed by atoms with E-state index in [-0.39, 0.29) is 0 Å². The van der Waals surface area contributed by atoms with Crippen molar-refractivity contribution in [2.45, 2.75) is 31.7 Å². The number of thiazole rings is 1. The van der Waals surface area contributed by atoms with Gasteiger partial charge in [-0.15, -0.1) is 11.3 Å². The molecule has 1 aromatic heterocycles. The highest BCUT2D eigenvalue weighted by Gasteiger charge is 2.12. The number of rotatable bonds is 3. The number of hydrogen-bond acceptors (Lipinski definition) is 4. The molecule has 1 N–H and O–H groups in total. The fraction of sp³-hybridized carbons (Fsp3) is 0.556. The van der Waals surface area contributed by atoms with Crippen LogP contribution < -0.4 is 5.43 Å². The van der Waals surface area contributed by atoms with Gasteiger partial charge in [-0.3, -0.25) is 0 Å². The van der Waals surface area contributed by atoms with Crippen LogP contribution >= 0.6 is 11.3 Å². The van der Waals surface area contributed by atoms with Crippen molar-refractivity contribution < 1.29 is 0 Å². The summed E-state index contributed by atoms with van der Waals surface area (Å²) in [6.45, 7) is 0. The van der Waals surface area contributed by atoms with E-state index in [0.717, 1.165) is 5.69 Å². The van der Waals surface area contributed by atoms with Crippen molar-refractivity contribution in [3.8, 4) is 0 Å². The lowest BCUT2D eigenvalue weighted by molar-refractivity contribution is 0.548. The summed E-state index contributed by atoms with van der Waals surface area (Å²) in [4.78, 5) is 4.11. The predicted octanol–water partition coefficient (Wildman–Crippen LogP) is 2.01. The van der Waals surface area contributed by atoms with Gasteiger partial charge in [-0.05, 0) is 12.8 Å². The summed E-state index contributed by atoms with van der Waals surface area (Å²) in [6.07, 6.45) is 6.98. The molecule has 0 aliphatic heterocycles. The van der Waals surface area contributed by atoms with E-state index in [1.54, 1.807) is 17.6 Å². The largest absolute Gasteiger partial charge is 0.307 e. The topological polar surface area (TPSA) is 37.3 Å². The molecule has 1 aliphatic carbocycles. The Balaban J connectivity index is 1.78. The number of nitrogens with zero attached hydrogens (tertiary/aromatic N) is 2. The third-order valence-electron chi connectivity index (χ3n) is 2.26. The average Bonchev–Trinajstić information content (AvgIpc) is 2.75. The summed E-state index contributed by atoms with van der Waals surface area (Å²) < 4.78 is 0. The minimum absolute atomic E-state index is 0.592. The Morgan fingerprint density at radius 3 is 3.08 bits per heavy atom. The molecule has 0 aromatic carbocycles. The van der Waals surface area contributed by atoms with Crippen LogP contribution in [0, 0.1) is 0 Å². The summed E-state index contributed by atoms with van der Waals surface area (Å²) in [6, 6.07) is 0.592. The molecule has 1 aromatic rings. The lowest BCUT2D eigenvalue weighted by atomic mass is 10.3. The van der Waals surface area contributed by atoms with Crippen molar-refractivity contribution in [2.24, 2.45) is 5.10 Å². The molecule has 1 fully saturated rings. The van der Waals surface area contributed by atoms with Crippen LogP contribution in [-0.4, -0.2) is 17.2 Å². The van der Waals surface area contributed by atoms with Crippen LogP contribution in [0.3, 0.4) is 0 Å². The average molecular weight is 195 g/mol. The van der Waals surface area contributed by atoms with E-state index in [0.29, 0.717) is 6.04 Å². The van der Waals surface area contributed by atoms with E-state index in [1.165, 1.54) is 25.7 Å². The second kappa shape index (κ2) is 4.37. The van der Waals surface area contributed by atoms with Crippen LogP contribution in [0.1, 0.15) is 31.4 Å². The van der Waals surface area contributed by atoms with Gasteiger partial charge in [0.25, 0.3) is 0 Å². The van der Waals surface area contributed by atoms with Gasteiger partial charge in [-0.1, -0.05) is 12.8 Å². The second-order valence-electron chi connectivity index (χ2n) is 3.28. The van der Waals surface area contributed by atoms with Crippen LogP contribution in [-0.2, 0) is 0 Å². The van der Waals surface area contributed by atoms with E-state index in [9.17, 15) is 0 Å². The first kappa shape index (κ1) is 8.69. The molecule has 13 heavy (non-hydrogen) atoms. The Morgan fingerprint density at radius 2 is 2.38 bits per heavy atom. The zero-order chi connectivity index (χ0) is 8.93. The van der Waals surface area contributed by atoms with Crippen LogP contribution in [0.4, 0.5) is 0 Å². The normalized spacial score (nSPS) is 18.5. The molecule has 0 saturated heterocycles. The van der Waals surface area contributed by atoms with Gasteiger partial charge in [0.05, 0.1) is 17.4 Å². The van der Waals surface area contributed by atoms with Gasteiger partial charge in [0, 0.05) is 11.4 Å².